The van der Waals surface area contributed by atoms with Crippen molar-refractivity contribution in [2.45, 2.75) is 40.3 Å². The Morgan fingerprint density at radius 2 is 2.00 bits per heavy atom. The molecule has 0 aliphatic carbocycles. The lowest BCUT2D eigenvalue weighted by Gasteiger charge is -2.20. The van der Waals surface area contributed by atoms with Crippen molar-refractivity contribution >= 4 is 15.9 Å². The molecule has 1 N–H and O–H groups in total. The third-order valence-corrected chi connectivity index (χ3v) is 3.82. The summed E-state index contributed by atoms with van der Waals surface area (Å²) in [5.74, 6) is 0. The van der Waals surface area contributed by atoms with Gasteiger partial charge in [0.15, 0.2) is 0 Å². The van der Waals surface area contributed by atoms with Gasteiger partial charge in [0.1, 0.15) is 0 Å². The van der Waals surface area contributed by atoms with Gasteiger partial charge in [-0.2, -0.15) is 0 Å². The number of nitrogens with one attached hydrogen (secondary N) is 1. The van der Waals surface area contributed by atoms with Crippen molar-refractivity contribution in [3.05, 3.63) is 33.8 Å². The Hall–Kier alpha value is -0.380. The number of hydrogen-bond acceptors (Lipinski definition) is 2. The van der Waals surface area contributed by atoms with E-state index in [-0.39, 0.29) is 0 Å². The predicted molar refractivity (Wildman–Crippen MR) is 82.8 cm³/mol. The Balaban J connectivity index is 2.66. The Kier molecular flexibility index (Phi) is 7.56. The molecule has 18 heavy (non-hydrogen) atoms. The van der Waals surface area contributed by atoms with Gasteiger partial charge in [0, 0.05) is 17.6 Å². The van der Waals surface area contributed by atoms with Crippen LogP contribution in [-0.2, 0) is 13.1 Å². The van der Waals surface area contributed by atoms with Crippen LogP contribution in [-0.4, -0.2) is 24.5 Å². The minimum absolute atomic E-state index is 0.946. The smallest absolute Gasteiger partial charge is 0.0244 e. The van der Waals surface area contributed by atoms with Crippen LogP contribution in [0.2, 0.25) is 0 Å². The second-order valence-corrected chi connectivity index (χ2v) is 5.43. The maximum absolute atomic E-state index is 3.69. The van der Waals surface area contributed by atoms with Crippen LogP contribution in [0.5, 0.6) is 0 Å². The normalized spacial score (nSPS) is 11.2. The highest BCUT2D eigenvalue weighted by Gasteiger charge is 2.06. The second-order valence-electron chi connectivity index (χ2n) is 4.57. The van der Waals surface area contributed by atoms with E-state index in [2.05, 4.69) is 65.1 Å². The van der Waals surface area contributed by atoms with E-state index in [1.807, 2.05) is 0 Å². The van der Waals surface area contributed by atoms with E-state index in [9.17, 15) is 0 Å². The lowest BCUT2D eigenvalue weighted by molar-refractivity contribution is 0.280. The first-order valence-electron chi connectivity index (χ1n) is 6.91. The summed E-state index contributed by atoms with van der Waals surface area (Å²) < 4.78 is 1.23. The average molecular weight is 313 g/mol. The zero-order valence-corrected chi connectivity index (χ0v) is 13.4. The molecule has 102 valence electrons. The molecule has 1 rings (SSSR count). The largest absolute Gasteiger partial charge is 0.313 e. The second kappa shape index (κ2) is 8.68. The number of hydrogen-bond donors (Lipinski definition) is 1. The van der Waals surface area contributed by atoms with Gasteiger partial charge < -0.3 is 5.32 Å². The first kappa shape index (κ1) is 15.7. The third kappa shape index (κ3) is 5.09. The van der Waals surface area contributed by atoms with Gasteiger partial charge in [-0.05, 0) is 43.2 Å². The monoisotopic (exact) mass is 312 g/mol. The van der Waals surface area contributed by atoms with Gasteiger partial charge in [-0.25, -0.2) is 0 Å². The lowest BCUT2D eigenvalue weighted by atomic mass is 10.1. The molecule has 0 fully saturated rings. The summed E-state index contributed by atoms with van der Waals surface area (Å²) in [6.45, 7) is 11.9. The topological polar surface area (TPSA) is 15.3 Å². The van der Waals surface area contributed by atoms with Crippen molar-refractivity contribution in [2.75, 3.05) is 19.6 Å². The molecular weight excluding hydrogens is 288 g/mol. The van der Waals surface area contributed by atoms with E-state index in [4.69, 9.17) is 0 Å². The highest BCUT2D eigenvalue weighted by atomic mass is 79.9. The molecule has 0 atom stereocenters. The Morgan fingerprint density at radius 3 is 2.56 bits per heavy atom. The van der Waals surface area contributed by atoms with Gasteiger partial charge in [0.2, 0.25) is 0 Å². The van der Waals surface area contributed by atoms with Crippen LogP contribution in [0.15, 0.2) is 22.7 Å². The molecule has 0 radical (unpaired) electrons. The molecule has 0 aliphatic heterocycles. The van der Waals surface area contributed by atoms with E-state index in [0.29, 0.717) is 0 Å². The molecule has 0 unspecified atom stereocenters. The predicted octanol–water partition coefficient (Wildman–Crippen LogP) is 3.79. The third-order valence-electron chi connectivity index (χ3n) is 3.08. The molecule has 2 nitrogen and oxygen atoms in total. The Labute approximate surface area is 120 Å². The summed E-state index contributed by atoms with van der Waals surface area (Å²) in [7, 11) is 0. The van der Waals surface area contributed by atoms with Gasteiger partial charge in [0.05, 0.1) is 0 Å². The zero-order valence-electron chi connectivity index (χ0n) is 11.8. The molecule has 0 saturated heterocycles. The van der Waals surface area contributed by atoms with E-state index >= 15 is 0 Å². The van der Waals surface area contributed by atoms with Crippen LogP contribution >= 0.6 is 15.9 Å². The van der Waals surface area contributed by atoms with E-state index in [0.717, 1.165) is 26.2 Å². The summed E-state index contributed by atoms with van der Waals surface area (Å²) in [5.41, 5.74) is 2.72. The average Bonchev–Trinajstić information content (AvgIpc) is 2.38. The number of nitrogens with zero attached hydrogens (tertiary/aromatic N) is 1. The van der Waals surface area contributed by atoms with Crippen LogP contribution in [0.4, 0.5) is 0 Å². The van der Waals surface area contributed by atoms with Gasteiger partial charge in [-0.1, -0.05) is 48.8 Å². The van der Waals surface area contributed by atoms with Crippen molar-refractivity contribution in [1.29, 1.82) is 0 Å². The quantitative estimate of drug-likeness (QED) is 0.785. The highest BCUT2D eigenvalue weighted by Crippen LogP contribution is 2.20. The number of rotatable bonds is 8. The van der Waals surface area contributed by atoms with Crippen molar-refractivity contribution in [2.24, 2.45) is 0 Å². The first-order valence-corrected chi connectivity index (χ1v) is 7.70. The standard InChI is InChI=1S/C15H25BrN2/c1-4-9-18(6-3)12-14-8-7-13(10-15(14)16)11-17-5-2/h7-8,10,17H,4-6,9,11-12H2,1-3H3. The van der Waals surface area contributed by atoms with Crippen molar-refractivity contribution < 1.29 is 0 Å². The number of halogens is 1. The van der Waals surface area contributed by atoms with Crippen molar-refractivity contribution in [3.8, 4) is 0 Å². The number of benzene rings is 1. The van der Waals surface area contributed by atoms with E-state index in [1.165, 1.54) is 28.6 Å². The fraction of sp³-hybridized carbons (Fsp3) is 0.600. The first-order chi connectivity index (χ1) is 8.71. The van der Waals surface area contributed by atoms with Gasteiger partial charge >= 0.3 is 0 Å². The molecule has 0 aliphatic rings. The van der Waals surface area contributed by atoms with E-state index in [1.54, 1.807) is 0 Å². The van der Waals surface area contributed by atoms with Crippen LogP contribution in [0, 0.1) is 0 Å². The summed E-state index contributed by atoms with van der Waals surface area (Å²) in [4.78, 5) is 2.48. The minimum atomic E-state index is 0.946. The fourth-order valence-electron chi connectivity index (χ4n) is 2.00. The summed E-state index contributed by atoms with van der Waals surface area (Å²) in [5, 5.41) is 3.35. The summed E-state index contributed by atoms with van der Waals surface area (Å²) in [6.07, 6.45) is 1.21. The highest BCUT2D eigenvalue weighted by molar-refractivity contribution is 9.10. The van der Waals surface area contributed by atoms with E-state index < -0.39 is 0 Å². The summed E-state index contributed by atoms with van der Waals surface area (Å²) in [6, 6.07) is 6.70. The minimum Gasteiger partial charge on any atom is -0.313 e. The van der Waals surface area contributed by atoms with Crippen LogP contribution < -0.4 is 5.32 Å². The molecule has 1 aromatic rings. The van der Waals surface area contributed by atoms with Crippen LogP contribution in [0.3, 0.4) is 0 Å². The fourth-order valence-corrected chi connectivity index (χ4v) is 2.56. The van der Waals surface area contributed by atoms with Crippen molar-refractivity contribution in [1.82, 2.24) is 10.2 Å². The maximum atomic E-state index is 3.69. The van der Waals surface area contributed by atoms with Crippen LogP contribution in [0.25, 0.3) is 0 Å². The van der Waals surface area contributed by atoms with Crippen molar-refractivity contribution in [3.63, 3.8) is 0 Å². The molecule has 0 spiro atoms. The van der Waals surface area contributed by atoms with Gasteiger partial charge in [-0.3, -0.25) is 4.90 Å². The molecule has 3 heteroatoms. The molecule has 0 amide bonds. The zero-order chi connectivity index (χ0) is 13.4. The Bertz CT molecular complexity index is 352. The van der Waals surface area contributed by atoms with Crippen LogP contribution in [0.1, 0.15) is 38.3 Å². The molecule has 0 saturated carbocycles. The van der Waals surface area contributed by atoms with Gasteiger partial charge in [-0.15, -0.1) is 0 Å². The molecule has 0 heterocycles. The lowest BCUT2D eigenvalue weighted by Crippen LogP contribution is -2.23. The Morgan fingerprint density at radius 1 is 1.22 bits per heavy atom. The molecule has 0 aromatic heterocycles. The molecule has 1 aromatic carbocycles. The summed E-state index contributed by atoms with van der Waals surface area (Å²) >= 11 is 3.69. The van der Waals surface area contributed by atoms with Gasteiger partial charge in [0.25, 0.3) is 0 Å². The molecule has 0 bridgehead atoms. The maximum Gasteiger partial charge on any atom is 0.0244 e. The molecular formula is C15H25BrN2. The SMILES string of the molecule is CCCN(CC)Cc1ccc(CNCC)cc1Br.